The van der Waals surface area contributed by atoms with Gasteiger partial charge in [0, 0.05) is 18.6 Å². The van der Waals surface area contributed by atoms with Gasteiger partial charge in [-0.2, -0.15) is 0 Å². The van der Waals surface area contributed by atoms with Gasteiger partial charge in [0.05, 0.1) is 11.7 Å². The van der Waals surface area contributed by atoms with Crippen molar-refractivity contribution in [2.45, 2.75) is 83.1 Å². The van der Waals surface area contributed by atoms with E-state index in [4.69, 9.17) is 0 Å². The van der Waals surface area contributed by atoms with E-state index in [1.54, 1.807) is 0 Å². The summed E-state index contributed by atoms with van der Waals surface area (Å²) in [7, 11) is 2.21. The Hall–Kier alpha value is -0.610. The number of carbonyl (C=O) groups excluding carboxylic acids is 1. The highest BCUT2D eigenvalue weighted by molar-refractivity contribution is 5.89. The van der Waals surface area contributed by atoms with Gasteiger partial charge in [0.1, 0.15) is 0 Å². The summed E-state index contributed by atoms with van der Waals surface area (Å²) >= 11 is 0. The number of likely N-dealkylation sites (N-methyl/N-ethyl adjacent to an activating group) is 1. The molecule has 1 heterocycles. The summed E-state index contributed by atoms with van der Waals surface area (Å²) in [5.74, 6) is 0.835. The van der Waals surface area contributed by atoms with E-state index in [9.17, 15) is 4.79 Å². The second-order valence-corrected chi connectivity index (χ2v) is 7.83. The van der Waals surface area contributed by atoms with Gasteiger partial charge in [0.2, 0.25) is 5.91 Å². The van der Waals surface area contributed by atoms with Gasteiger partial charge in [-0.05, 0) is 45.6 Å². The minimum Gasteiger partial charge on any atom is -0.324 e. The van der Waals surface area contributed by atoms with Crippen LogP contribution in [0.3, 0.4) is 0 Å². The molecule has 2 aliphatic carbocycles. The summed E-state index contributed by atoms with van der Waals surface area (Å²) in [6.45, 7) is 7.58. The fraction of sp³-hybridized carbons (Fsp3) is 0.941. The number of hydrogen-bond donors (Lipinski definition) is 1. The van der Waals surface area contributed by atoms with Crippen LogP contribution in [0.2, 0.25) is 0 Å². The molecular weight excluding hydrogens is 262 g/mol. The van der Waals surface area contributed by atoms with Crippen LogP contribution in [0.5, 0.6) is 0 Å². The first-order valence-electron chi connectivity index (χ1n) is 8.75. The Morgan fingerprint density at radius 1 is 1.29 bits per heavy atom. The van der Waals surface area contributed by atoms with Crippen molar-refractivity contribution < 1.29 is 4.79 Å². The predicted molar refractivity (Wildman–Crippen MR) is 84.9 cm³/mol. The van der Waals surface area contributed by atoms with Crippen molar-refractivity contribution in [3.63, 3.8) is 0 Å². The number of nitrogens with one attached hydrogen (secondary N) is 1. The second-order valence-electron chi connectivity index (χ2n) is 7.83. The minimum atomic E-state index is -0.229. The lowest BCUT2D eigenvalue weighted by Gasteiger charge is -2.33. The Morgan fingerprint density at radius 3 is 2.43 bits per heavy atom. The summed E-state index contributed by atoms with van der Waals surface area (Å²) in [6.07, 6.45) is 7.29. The van der Waals surface area contributed by atoms with E-state index in [0.717, 1.165) is 25.4 Å². The average Bonchev–Trinajstić information content (AvgIpc) is 3.13. The molecule has 0 radical (unpaired) electrons. The summed E-state index contributed by atoms with van der Waals surface area (Å²) < 4.78 is 0. The van der Waals surface area contributed by atoms with Crippen LogP contribution in [-0.4, -0.2) is 53.1 Å². The lowest BCUT2D eigenvalue weighted by Crippen LogP contribution is -2.48. The van der Waals surface area contributed by atoms with Crippen LogP contribution >= 0.6 is 0 Å². The predicted octanol–water partition coefficient (Wildman–Crippen LogP) is 2.20. The topological polar surface area (TPSA) is 35.6 Å². The molecule has 1 N–H and O–H groups in total. The standard InChI is InChI=1S/C17H31N3O/c1-12(2)15-18-17(9-5-6-10-17)16(21)20(15)11-13(3)19(4)14-7-8-14/h12-15,18H,5-11H2,1-4H3. The summed E-state index contributed by atoms with van der Waals surface area (Å²) in [4.78, 5) is 17.6. The van der Waals surface area contributed by atoms with Crippen LogP contribution in [-0.2, 0) is 4.79 Å². The zero-order valence-electron chi connectivity index (χ0n) is 14.1. The van der Waals surface area contributed by atoms with Crippen molar-refractivity contribution in [1.82, 2.24) is 15.1 Å². The highest BCUT2D eigenvalue weighted by Gasteiger charge is 2.53. The Bertz CT molecular complexity index is 399. The Morgan fingerprint density at radius 2 is 1.90 bits per heavy atom. The first kappa shape index (κ1) is 15.3. The van der Waals surface area contributed by atoms with Crippen LogP contribution in [0.25, 0.3) is 0 Å². The van der Waals surface area contributed by atoms with Crippen LogP contribution in [0.4, 0.5) is 0 Å². The number of rotatable bonds is 5. The van der Waals surface area contributed by atoms with E-state index < -0.39 is 0 Å². The third kappa shape index (κ3) is 2.72. The zero-order chi connectivity index (χ0) is 15.2. The van der Waals surface area contributed by atoms with Gasteiger partial charge in [0.15, 0.2) is 0 Å². The molecule has 3 fully saturated rings. The zero-order valence-corrected chi connectivity index (χ0v) is 14.1. The molecule has 1 saturated heterocycles. The van der Waals surface area contributed by atoms with E-state index in [1.807, 2.05) is 0 Å². The number of amides is 1. The first-order valence-corrected chi connectivity index (χ1v) is 8.75. The lowest BCUT2D eigenvalue weighted by atomic mass is 9.98. The maximum absolute atomic E-state index is 13.0. The van der Waals surface area contributed by atoms with Crippen LogP contribution < -0.4 is 5.32 Å². The van der Waals surface area contributed by atoms with Gasteiger partial charge >= 0.3 is 0 Å². The van der Waals surface area contributed by atoms with Crippen LogP contribution in [0.1, 0.15) is 59.3 Å². The Balaban J connectivity index is 1.72. The Labute approximate surface area is 129 Å². The molecule has 0 aromatic carbocycles. The number of carbonyl (C=O) groups is 1. The monoisotopic (exact) mass is 293 g/mol. The van der Waals surface area contributed by atoms with Crippen molar-refractivity contribution >= 4 is 5.91 Å². The molecule has 1 amide bonds. The molecular formula is C17H31N3O. The molecule has 3 rings (SSSR count). The summed E-state index contributed by atoms with van der Waals surface area (Å²) in [5.41, 5.74) is -0.229. The lowest BCUT2D eigenvalue weighted by molar-refractivity contribution is -0.134. The molecule has 2 saturated carbocycles. The SMILES string of the molecule is CC(C)C1NC2(CCCC2)C(=O)N1CC(C)N(C)C1CC1. The fourth-order valence-electron chi connectivity index (χ4n) is 4.14. The number of nitrogens with zero attached hydrogens (tertiary/aromatic N) is 2. The molecule has 2 unspecified atom stereocenters. The maximum Gasteiger partial charge on any atom is 0.244 e. The molecule has 0 bridgehead atoms. The maximum atomic E-state index is 13.0. The van der Waals surface area contributed by atoms with Gasteiger partial charge < -0.3 is 4.90 Å². The van der Waals surface area contributed by atoms with Crippen molar-refractivity contribution in [3.8, 4) is 0 Å². The molecule has 4 nitrogen and oxygen atoms in total. The molecule has 2 atom stereocenters. The molecule has 3 aliphatic rings. The van der Waals surface area contributed by atoms with Gasteiger partial charge in [-0.25, -0.2) is 0 Å². The van der Waals surface area contributed by atoms with Crippen molar-refractivity contribution in [2.24, 2.45) is 5.92 Å². The largest absolute Gasteiger partial charge is 0.324 e. The average molecular weight is 293 g/mol. The molecule has 21 heavy (non-hydrogen) atoms. The van der Waals surface area contributed by atoms with E-state index in [-0.39, 0.29) is 11.7 Å². The highest BCUT2D eigenvalue weighted by atomic mass is 16.2. The normalized spacial score (nSPS) is 30.1. The van der Waals surface area contributed by atoms with Crippen molar-refractivity contribution in [1.29, 1.82) is 0 Å². The number of hydrogen-bond acceptors (Lipinski definition) is 3. The van der Waals surface area contributed by atoms with Gasteiger partial charge in [-0.15, -0.1) is 0 Å². The Kier molecular flexibility index (Phi) is 4.04. The van der Waals surface area contributed by atoms with E-state index in [2.05, 4.69) is 42.9 Å². The molecule has 0 aromatic rings. The summed E-state index contributed by atoms with van der Waals surface area (Å²) in [5, 5.41) is 3.71. The van der Waals surface area contributed by atoms with E-state index in [1.165, 1.54) is 25.7 Å². The quantitative estimate of drug-likeness (QED) is 0.844. The molecule has 1 spiro atoms. The van der Waals surface area contributed by atoms with E-state index >= 15 is 0 Å². The van der Waals surface area contributed by atoms with Gasteiger partial charge in [-0.1, -0.05) is 26.7 Å². The van der Waals surface area contributed by atoms with Gasteiger partial charge in [-0.3, -0.25) is 15.0 Å². The minimum absolute atomic E-state index is 0.214. The van der Waals surface area contributed by atoms with Crippen molar-refractivity contribution in [3.05, 3.63) is 0 Å². The van der Waals surface area contributed by atoms with Crippen LogP contribution in [0, 0.1) is 5.92 Å². The third-order valence-electron chi connectivity index (χ3n) is 5.80. The highest BCUT2D eigenvalue weighted by Crippen LogP contribution is 2.38. The van der Waals surface area contributed by atoms with Crippen LogP contribution in [0.15, 0.2) is 0 Å². The van der Waals surface area contributed by atoms with E-state index in [0.29, 0.717) is 17.9 Å². The molecule has 0 aromatic heterocycles. The van der Waals surface area contributed by atoms with Gasteiger partial charge in [0.25, 0.3) is 0 Å². The molecule has 120 valence electrons. The first-order chi connectivity index (χ1) is 9.94. The fourth-order valence-corrected chi connectivity index (χ4v) is 4.14. The summed E-state index contributed by atoms with van der Waals surface area (Å²) in [6, 6.07) is 1.20. The molecule has 1 aliphatic heterocycles. The van der Waals surface area contributed by atoms with Crippen molar-refractivity contribution in [2.75, 3.05) is 13.6 Å². The smallest absolute Gasteiger partial charge is 0.244 e. The third-order valence-corrected chi connectivity index (χ3v) is 5.80. The second kappa shape index (κ2) is 5.54. The molecule has 4 heteroatoms.